The third-order valence-electron chi connectivity index (χ3n) is 5.66. The molecule has 2 aromatic rings. The summed E-state index contributed by atoms with van der Waals surface area (Å²) in [5.74, 6) is -0.363. The normalized spacial score (nSPS) is 19.5. The van der Waals surface area contributed by atoms with E-state index in [1.54, 1.807) is 18.2 Å². The van der Waals surface area contributed by atoms with Gasteiger partial charge in [0.2, 0.25) is 0 Å². The minimum atomic E-state index is -0.373. The van der Waals surface area contributed by atoms with Crippen molar-refractivity contribution in [3.05, 3.63) is 71.8 Å². The second kappa shape index (κ2) is 9.97. The van der Waals surface area contributed by atoms with Crippen LogP contribution in [0.2, 0.25) is 0 Å². The Labute approximate surface area is 167 Å². The molecule has 1 aliphatic rings. The van der Waals surface area contributed by atoms with Crippen molar-refractivity contribution in [2.75, 3.05) is 6.61 Å². The summed E-state index contributed by atoms with van der Waals surface area (Å²) >= 11 is 0. The summed E-state index contributed by atoms with van der Waals surface area (Å²) in [6.07, 6.45) is 8.81. The molecular weight excluding hydrogens is 354 g/mol. The number of hydrogen-bond donors (Lipinski definition) is 0. The van der Waals surface area contributed by atoms with E-state index in [1.165, 1.54) is 6.07 Å². The van der Waals surface area contributed by atoms with Crippen LogP contribution in [0.5, 0.6) is 0 Å². The first-order chi connectivity index (χ1) is 13.6. The zero-order valence-corrected chi connectivity index (χ0v) is 16.7. The molecule has 0 aromatic heterocycles. The van der Waals surface area contributed by atoms with Gasteiger partial charge in [-0.05, 0) is 74.1 Å². The van der Waals surface area contributed by atoms with Crippen molar-refractivity contribution in [1.29, 1.82) is 0 Å². The number of aryl methyl sites for hydroxylation is 1. The summed E-state index contributed by atoms with van der Waals surface area (Å²) in [6.45, 7) is 6.62. The van der Waals surface area contributed by atoms with E-state index in [4.69, 9.17) is 4.74 Å². The molecule has 0 spiro atoms. The van der Waals surface area contributed by atoms with E-state index in [0.29, 0.717) is 23.1 Å². The standard InChI is InChI=1S/C25H30F2O/c1-3-5-6-18-7-13-22(24(26)16-18)23-14-10-20(17-25(23)27)19-8-11-21(12-9-19)28-15-4-2/h3,7,10,13-14,16-17,19,21H,1,4-6,8-9,11-12,15H2,2H3. The maximum Gasteiger partial charge on any atom is 0.131 e. The lowest BCUT2D eigenvalue weighted by Gasteiger charge is -2.29. The van der Waals surface area contributed by atoms with Crippen molar-refractivity contribution in [2.45, 2.75) is 63.9 Å². The molecule has 1 saturated carbocycles. The molecule has 0 heterocycles. The van der Waals surface area contributed by atoms with Gasteiger partial charge in [0.15, 0.2) is 0 Å². The van der Waals surface area contributed by atoms with Gasteiger partial charge in [-0.3, -0.25) is 0 Å². The second-order valence-electron chi connectivity index (χ2n) is 7.73. The van der Waals surface area contributed by atoms with E-state index in [2.05, 4.69) is 13.5 Å². The highest BCUT2D eigenvalue weighted by Gasteiger charge is 2.23. The lowest BCUT2D eigenvalue weighted by Crippen LogP contribution is -2.21. The largest absolute Gasteiger partial charge is 0.378 e. The van der Waals surface area contributed by atoms with Crippen molar-refractivity contribution in [3.63, 3.8) is 0 Å². The molecule has 150 valence electrons. The Hall–Kier alpha value is -2.00. The fraction of sp³-hybridized carbons (Fsp3) is 0.440. The number of allylic oxidation sites excluding steroid dienone is 1. The van der Waals surface area contributed by atoms with Gasteiger partial charge in [0.05, 0.1) is 6.10 Å². The summed E-state index contributed by atoms with van der Waals surface area (Å²) in [4.78, 5) is 0. The summed E-state index contributed by atoms with van der Waals surface area (Å²) in [6, 6.07) is 10.3. The number of benzene rings is 2. The molecule has 1 aliphatic carbocycles. The fourth-order valence-corrected chi connectivity index (χ4v) is 4.05. The minimum absolute atomic E-state index is 0.322. The monoisotopic (exact) mass is 384 g/mol. The average Bonchev–Trinajstić information content (AvgIpc) is 2.71. The van der Waals surface area contributed by atoms with Gasteiger partial charge >= 0.3 is 0 Å². The zero-order valence-electron chi connectivity index (χ0n) is 16.7. The maximum absolute atomic E-state index is 14.8. The molecule has 3 heteroatoms. The van der Waals surface area contributed by atoms with Crippen LogP contribution in [0.4, 0.5) is 8.78 Å². The quantitative estimate of drug-likeness (QED) is 0.437. The molecule has 0 amide bonds. The first-order valence-corrected chi connectivity index (χ1v) is 10.4. The Balaban J connectivity index is 1.70. The molecule has 2 aromatic carbocycles. The lowest BCUT2D eigenvalue weighted by molar-refractivity contribution is 0.0251. The highest BCUT2D eigenvalue weighted by atomic mass is 19.1. The van der Waals surface area contributed by atoms with Crippen LogP contribution >= 0.6 is 0 Å². The van der Waals surface area contributed by atoms with Gasteiger partial charge in [0, 0.05) is 17.7 Å². The van der Waals surface area contributed by atoms with E-state index in [1.807, 2.05) is 18.2 Å². The van der Waals surface area contributed by atoms with Crippen molar-refractivity contribution in [3.8, 4) is 11.1 Å². The van der Waals surface area contributed by atoms with Crippen molar-refractivity contribution < 1.29 is 13.5 Å². The van der Waals surface area contributed by atoms with Crippen LogP contribution < -0.4 is 0 Å². The van der Waals surface area contributed by atoms with Gasteiger partial charge in [0.25, 0.3) is 0 Å². The molecule has 1 nitrogen and oxygen atoms in total. The van der Waals surface area contributed by atoms with Crippen molar-refractivity contribution in [1.82, 2.24) is 0 Å². The van der Waals surface area contributed by atoms with Gasteiger partial charge in [-0.25, -0.2) is 8.78 Å². The predicted octanol–water partition coefficient (Wildman–Crippen LogP) is 7.20. The SMILES string of the molecule is C=CCCc1ccc(-c2ccc(C3CCC(OCCC)CC3)cc2F)c(F)c1. The Morgan fingerprint density at radius 1 is 1.00 bits per heavy atom. The molecule has 0 N–H and O–H groups in total. The van der Waals surface area contributed by atoms with Gasteiger partial charge in [-0.1, -0.05) is 37.3 Å². The van der Waals surface area contributed by atoms with E-state index in [0.717, 1.165) is 62.7 Å². The van der Waals surface area contributed by atoms with Gasteiger partial charge in [-0.15, -0.1) is 6.58 Å². The topological polar surface area (TPSA) is 9.23 Å². The predicted molar refractivity (Wildman–Crippen MR) is 112 cm³/mol. The lowest BCUT2D eigenvalue weighted by atomic mass is 9.82. The van der Waals surface area contributed by atoms with E-state index < -0.39 is 0 Å². The Morgan fingerprint density at radius 3 is 2.29 bits per heavy atom. The molecule has 0 radical (unpaired) electrons. The molecule has 1 fully saturated rings. The van der Waals surface area contributed by atoms with Crippen LogP contribution in [0.25, 0.3) is 11.1 Å². The number of halogens is 2. The Kier molecular flexibility index (Phi) is 7.38. The molecule has 3 rings (SSSR count). The summed E-state index contributed by atoms with van der Waals surface area (Å²) in [7, 11) is 0. The third-order valence-corrected chi connectivity index (χ3v) is 5.66. The zero-order chi connectivity index (χ0) is 19.9. The summed E-state index contributed by atoms with van der Waals surface area (Å²) < 4.78 is 35.2. The summed E-state index contributed by atoms with van der Waals surface area (Å²) in [5.41, 5.74) is 2.57. The Morgan fingerprint density at radius 2 is 1.68 bits per heavy atom. The molecule has 0 saturated heterocycles. The number of hydrogen-bond acceptors (Lipinski definition) is 1. The molecule has 0 aliphatic heterocycles. The highest BCUT2D eigenvalue weighted by Crippen LogP contribution is 2.36. The number of rotatable bonds is 8. The molecular formula is C25H30F2O. The van der Waals surface area contributed by atoms with E-state index in [-0.39, 0.29) is 11.6 Å². The molecule has 0 unspecified atom stereocenters. The first-order valence-electron chi connectivity index (χ1n) is 10.4. The van der Waals surface area contributed by atoms with Crippen LogP contribution in [0, 0.1) is 11.6 Å². The molecule has 0 bridgehead atoms. The van der Waals surface area contributed by atoms with Crippen LogP contribution in [-0.2, 0) is 11.2 Å². The maximum atomic E-state index is 14.8. The fourth-order valence-electron chi connectivity index (χ4n) is 4.05. The smallest absolute Gasteiger partial charge is 0.131 e. The van der Waals surface area contributed by atoms with Crippen LogP contribution in [0.15, 0.2) is 49.1 Å². The van der Waals surface area contributed by atoms with Crippen LogP contribution in [-0.4, -0.2) is 12.7 Å². The van der Waals surface area contributed by atoms with Crippen LogP contribution in [0.1, 0.15) is 62.5 Å². The highest BCUT2D eigenvalue weighted by molar-refractivity contribution is 5.65. The molecule has 28 heavy (non-hydrogen) atoms. The second-order valence-corrected chi connectivity index (χ2v) is 7.73. The van der Waals surface area contributed by atoms with E-state index >= 15 is 0 Å². The van der Waals surface area contributed by atoms with Gasteiger partial charge < -0.3 is 4.74 Å². The van der Waals surface area contributed by atoms with Gasteiger partial charge in [0.1, 0.15) is 11.6 Å². The average molecular weight is 385 g/mol. The van der Waals surface area contributed by atoms with Crippen LogP contribution in [0.3, 0.4) is 0 Å². The Bertz CT molecular complexity index is 791. The van der Waals surface area contributed by atoms with E-state index in [9.17, 15) is 8.78 Å². The van der Waals surface area contributed by atoms with Gasteiger partial charge in [-0.2, -0.15) is 0 Å². The third kappa shape index (κ3) is 5.08. The number of ether oxygens (including phenoxy) is 1. The summed E-state index contributed by atoms with van der Waals surface area (Å²) in [5, 5.41) is 0. The minimum Gasteiger partial charge on any atom is -0.378 e. The first kappa shape index (κ1) is 20.7. The van der Waals surface area contributed by atoms with Crippen molar-refractivity contribution >= 4 is 0 Å². The van der Waals surface area contributed by atoms with Crippen molar-refractivity contribution in [2.24, 2.45) is 0 Å². The molecule has 0 atom stereocenters.